The number of allylic oxidation sites excluding steroid dienone is 1. The predicted octanol–water partition coefficient (Wildman–Crippen LogP) is 6.08. The van der Waals surface area contributed by atoms with Gasteiger partial charge in [-0.3, -0.25) is 4.79 Å². The fraction of sp³-hybridized carbons (Fsp3) is 0.444. The molecule has 0 radical (unpaired) electrons. The minimum absolute atomic E-state index is 0.105. The quantitative estimate of drug-likeness (QED) is 0.546. The zero-order valence-corrected chi connectivity index (χ0v) is 20.1. The van der Waals surface area contributed by atoms with E-state index in [1.165, 1.54) is 11.1 Å². The van der Waals surface area contributed by atoms with Crippen molar-refractivity contribution in [3.05, 3.63) is 58.3 Å². The van der Waals surface area contributed by atoms with Crippen LogP contribution in [-0.2, 0) is 4.79 Å². The molecule has 1 aliphatic heterocycles. The van der Waals surface area contributed by atoms with Crippen LogP contribution in [-0.4, -0.2) is 24.0 Å². The molecule has 0 saturated carbocycles. The normalized spacial score (nSPS) is 19.4. The maximum atomic E-state index is 13.4. The third-order valence-corrected chi connectivity index (χ3v) is 6.88. The van der Waals surface area contributed by atoms with Crippen LogP contribution in [0.2, 0.25) is 0 Å². The molecule has 32 heavy (non-hydrogen) atoms. The molecule has 0 aromatic heterocycles. The molecule has 2 aliphatic rings. The summed E-state index contributed by atoms with van der Waals surface area (Å²) < 4.78 is 0. The molecule has 4 rings (SSSR count). The number of benzene rings is 2. The molecule has 0 fully saturated rings. The van der Waals surface area contributed by atoms with E-state index in [2.05, 4.69) is 69.2 Å². The number of ketones is 1. The summed E-state index contributed by atoms with van der Waals surface area (Å²) in [5.41, 5.74) is 7.62. The van der Waals surface area contributed by atoms with Gasteiger partial charge in [-0.15, -0.1) is 0 Å². The lowest BCUT2D eigenvalue weighted by Gasteiger charge is -2.34. The van der Waals surface area contributed by atoms with Crippen molar-refractivity contribution in [2.75, 3.05) is 28.6 Å². The van der Waals surface area contributed by atoms with Crippen molar-refractivity contribution in [3.8, 4) is 5.75 Å². The van der Waals surface area contributed by atoms with E-state index < -0.39 is 6.04 Å². The van der Waals surface area contributed by atoms with E-state index in [1.807, 2.05) is 18.2 Å². The first kappa shape index (κ1) is 22.3. The summed E-state index contributed by atoms with van der Waals surface area (Å²) in [5.74, 6) is 0.346. The standard InChI is InChI=1S/C27H35N3O2/c1-7-30(8-2)18-9-10-19(23(31)13-18)26-25-22(14-27(5,6)15-24(25)32)28-20-11-16(3)17(4)12-21(20)29-26/h9-13,26,28-29,31H,7-8,14-15H2,1-6H3/t26-/m0/s1. The van der Waals surface area contributed by atoms with Crippen LogP contribution in [0.5, 0.6) is 5.75 Å². The smallest absolute Gasteiger partial charge is 0.163 e. The van der Waals surface area contributed by atoms with Crippen LogP contribution >= 0.6 is 0 Å². The molecule has 3 N–H and O–H groups in total. The molecule has 2 aromatic rings. The second-order valence-electron chi connectivity index (χ2n) is 9.93. The van der Waals surface area contributed by atoms with Gasteiger partial charge in [0.05, 0.1) is 17.4 Å². The summed E-state index contributed by atoms with van der Waals surface area (Å²) in [6, 6.07) is 9.68. The van der Waals surface area contributed by atoms with Gasteiger partial charge in [0.15, 0.2) is 5.78 Å². The van der Waals surface area contributed by atoms with E-state index in [-0.39, 0.29) is 16.9 Å². The maximum absolute atomic E-state index is 13.4. The number of nitrogens with zero attached hydrogens (tertiary/aromatic N) is 1. The van der Waals surface area contributed by atoms with Gasteiger partial charge in [0.25, 0.3) is 0 Å². The van der Waals surface area contributed by atoms with Crippen molar-refractivity contribution in [1.82, 2.24) is 0 Å². The van der Waals surface area contributed by atoms with Gasteiger partial charge in [0.2, 0.25) is 0 Å². The lowest BCUT2D eigenvalue weighted by Crippen LogP contribution is -2.31. The number of phenolic OH excluding ortho intramolecular Hbond substituents is 1. The Bertz CT molecular complexity index is 1100. The fourth-order valence-electron chi connectivity index (χ4n) is 5.01. The molecule has 5 nitrogen and oxygen atoms in total. The van der Waals surface area contributed by atoms with Crippen molar-refractivity contribution in [2.45, 2.75) is 60.4 Å². The van der Waals surface area contributed by atoms with Crippen LogP contribution in [0, 0.1) is 19.3 Å². The lowest BCUT2D eigenvalue weighted by atomic mass is 9.73. The molecule has 170 valence electrons. The third kappa shape index (κ3) is 3.96. The van der Waals surface area contributed by atoms with E-state index in [0.29, 0.717) is 6.42 Å². The average Bonchev–Trinajstić information content (AvgIpc) is 2.85. The number of aryl methyl sites for hydroxylation is 2. The third-order valence-electron chi connectivity index (χ3n) is 6.88. The lowest BCUT2D eigenvalue weighted by molar-refractivity contribution is -0.118. The fourth-order valence-corrected chi connectivity index (χ4v) is 5.01. The Morgan fingerprint density at radius 2 is 1.69 bits per heavy atom. The number of nitrogens with one attached hydrogen (secondary N) is 2. The highest BCUT2D eigenvalue weighted by molar-refractivity contribution is 6.01. The van der Waals surface area contributed by atoms with Gasteiger partial charge >= 0.3 is 0 Å². The van der Waals surface area contributed by atoms with Crippen LogP contribution in [0.3, 0.4) is 0 Å². The summed E-state index contributed by atoms with van der Waals surface area (Å²) >= 11 is 0. The largest absolute Gasteiger partial charge is 0.507 e. The highest BCUT2D eigenvalue weighted by atomic mass is 16.3. The first-order chi connectivity index (χ1) is 15.1. The summed E-state index contributed by atoms with van der Waals surface area (Å²) in [6.07, 6.45) is 1.29. The molecule has 0 unspecified atom stereocenters. The molecule has 0 bridgehead atoms. The Morgan fingerprint density at radius 1 is 1.03 bits per heavy atom. The minimum Gasteiger partial charge on any atom is -0.507 e. The average molecular weight is 434 g/mol. The van der Waals surface area contributed by atoms with E-state index in [0.717, 1.165) is 53.4 Å². The Hall–Kier alpha value is -2.95. The number of anilines is 3. The molecule has 0 spiro atoms. The number of carbonyl (C=O) groups excluding carboxylic acids is 1. The second kappa shape index (κ2) is 8.19. The first-order valence-electron chi connectivity index (χ1n) is 11.6. The Labute approximate surface area is 191 Å². The number of rotatable bonds is 4. The number of aromatic hydroxyl groups is 1. The van der Waals surface area contributed by atoms with Gasteiger partial charge in [-0.05, 0) is 68.9 Å². The van der Waals surface area contributed by atoms with Crippen LogP contribution in [0.4, 0.5) is 17.1 Å². The summed E-state index contributed by atoms with van der Waals surface area (Å²) in [7, 11) is 0. The van der Waals surface area contributed by atoms with Crippen LogP contribution in [0.25, 0.3) is 0 Å². The first-order valence-corrected chi connectivity index (χ1v) is 11.6. The molecule has 0 saturated heterocycles. The van der Waals surface area contributed by atoms with E-state index in [9.17, 15) is 9.90 Å². The zero-order valence-electron chi connectivity index (χ0n) is 20.1. The van der Waals surface area contributed by atoms with Crippen molar-refractivity contribution in [2.24, 2.45) is 5.41 Å². The number of Topliss-reactive ketones (excluding diaryl/α,β-unsaturated/α-hetero) is 1. The van der Waals surface area contributed by atoms with Crippen LogP contribution < -0.4 is 15.5 Å². The number of carbonyl (C=O) groups is 1. The number of hydrogen-bond acceptors (Lipinski definition) is 5. The van der Waals surface area contributed by atoms with Gasteiger partial charge in [-0.2, -0.15) is 0 Å². The Morgan fingerprint density at radius 3 is 2.31 bits per heavy atom. The van der Waals surface area contributed by atoms with Gasteiger partial charge < -0.3 is 20.6 Å². The van der Waals surface area contributed by atoms with Gasteiger partial charge in [0.1, 0.15) is 5.75 Å². The van der Waals surface area contributed by atoms with Crippen LogP contribution in [0.15, 0.2) is 41.6 Å². The summed E-state index contributed by atoms with van der Waals surface area (Å²) in [4.78, 5) is 15.6. The monoisotopic (exact) mass is 433 g/mol. The molecule has 0 amide bonds. The summed E-state index contributed by atoms with van der Waals surface area (Å²) in [6.45, 7) is 14.4. The molecule has 1 aliphatic carbocycles. The highest BCUT2D eigenvalue weighted by Gasteiger charge is 2.39. The predicted molar refractivity (Wildman–Crippen MR) is 133 cm³/mol. The van der Waals surface area contributed by atoms with Crippen LogP contribution in [0.1, 0.15) is 63.3 Å². The molecule has 5 heteroatoms. The molecule has 1 heterocycles. The number of hydrogen-bond donors (Lipinski definition) is 3. The minimum atomic E-state index is -0.407. The van der Waals surface area contributed by atoms with Gasteiger partial charge in [0, 0.05) is 48.1 Å². The highest BCUT2D eigenvalue weighted by Crippen LogP contribution is 2.47. The zero-order chi connectivity index (χ0) is 23.2. The Kier molecular flexibility index (Phi) is 5.70. The van der Waals surface area contributed by atoms with Crippen molar-refractivity contribution >= 4 is 22.8 Å². The number of fused-ring (bicyclic) bond motifs is 1. The second-order valence-corrected chi connectivity index (χ2v) is 9.93. The van der Waals surface area contributed by atoms with Crippen molar-refractivity contribution in [3.63, 3.8) is 0 Å². The van der Waals surface area contributed by atoms with Crippen molar-refractivity contribution in [1.29, 1.82) is 0 Å². The van der Waals surface area contributed by atoms with E-state index in [1.54, 1.807) is 0 Å². The molecular formula is C27H35N3O2. The van der Waals surface area contributed by atoms with Gasteiger partial charge in [-0.1, -0.05) is 19.9 Å². The SMILES string of the molecule is CCN(CC)c1ccc([C@@H]2Nc3cc(C)c(C)cc3NC3=C2C(=O)CC(C)(C)C3)c(O)c1. The molecular weight excluding hydrogens is 398 g/mol. The topological polar surface area (TPSA) is 64.6 Å². The number of phenols is 1. The molecule has 2 aromatic carbocycles. The van der Waals surface area contributed by atoms with E-state index in [4.69, 9.17) is 0 Å². The van der Waals surface area contributed by atoms with Crippen molar-refractivity contribution < 1.29 is 9.90 Å². The maximum Gasteiger partial charge on any atom is 0.163 e. The molecule has 1 atom stereocenters. The van der Waals surface area contributed by atoms with E-state index >= 15 is 0 Å². The Balaban J connectivity index is 1.87. The summed E-state index contributed by atoms with van der Waals surface area (Å²) in [5, 5.41) is 18.3. The van der Waals surface area contributed by atoms with Gasteiger partial charge in [-0.25, -0.2) is 0 Å².